The third kappa shape index (κ3) is 3.56. The second-order valence-corrected chi connectivity index (χ2v) is 4.57. The molecule has 98 valence electrons. The Morgan fingerprint density at radius 2 is 1.72 bits per heavy atom. The van der Waals surface area contributed by atoms with E-state index in [4.69, 9.17) is 5.84 Å². The zero-order valence-electron chi connectivity index (χ0n) is 10.9. The van der Waals surface area contributed by atoms with Crippen molar-refractivity contribution in [3.8, 4) is 0 Å². The molecule has 0 unspecified atom stereocenters. The molecule has 0 aliphatic carbocycles. The zero-order valence-corrected chi connectivity index (χ0v) is 10.9. The highest BCUT2D eigenvalue weighted by Gasteiger charge is 2.23. The van der Waals surface area contributed by atoms with Gasteiger partial charge in [-0.2, -0.15) is 0 Å². The van der Waals surface area contributed by atoms with Crippen LogP contribution in [0.25, 0.3) is 0 Å². The molecule has 0 aliphatic heterocycles. The molecule has 0 spiro atoms. The molecule has 4 N–H and O–H groups in total. The molecule has 0 aliphatic rings. The number of hydrogen-bond acceptors (Lipinski definition) is 3. The van der Waals surface area contributed by atoms with E-state index in [-0.39, 0.29) is 11.8 Å². The predicted molar refractivity (Wildman–Crippen MR) is 69.6 cm³/mol. The molecule has 0 bridgehead atoms. The molecule has 1 rings (SSSR count). The van der Waals surface area contributed by atoms with Gasteiger partial charge in [0.2, 0.25) is 0 Å². The zero-order chi connectivity index (χ0) is 13.7. The van der Waals surface area contributed by atoms with Crippen LogP contribution in [0, 0.1) is 12.8 Å². The summed E-state index contributed by atoms with van der Waals surface area (Å²) in [5.41, 5.74) is 3.66. The number of aryl methyl sites for hydroxylation is 1. The summed E-state index contributed by atoms with van der Waals surface area (Å²) in [7, 11) is 0. The molecule has 0 saturated heterocycles. The highest BCUT2D eigenvalue weighted by atomic mass is 16.2. The van der Waals surface area contributed by atoms with E-state index in [0.29, 0.717) is 5.56 Å². The Hall–Kier alpha value is -1.88. The Morgan fingerprint density at radius 3 is 2.17 bits per heavy atom. The molecule has 18 heavy (non-hydrogen) atoms. The monoisotopic (exact) mass is 249 g/mol. The van der Waals surface area contributed by atoms with Crippen molar-refractivity contribution in [2.75, 3.05) is 0 Å². The molecule has 0 heterocycles. The van der Waals surface area contributed by atoms with Crippen LogP contribution in [0.2, 0.25) is 0 Å². The first-order valence-corrected chi connectivity index (χ1v) is 5.83. The Bertz CT molecular complexity index is 426. The lowest BCUT2D eigenvalue weighted by Crippen LogP contribution is -2.51. The summed E-state index contributed by atoms with van der Waals surface area (Å²) in [4.78, 5) is 23.5. The van der Waals surface area contributed by atoms with Gasteiger partial charge in [0.1, 0.15) is 6.04 Å². The highest BCUT2D eigenvalue weighted by Crippen LogP contribution is 2.06. The van der Waals surface area contributed by atoms with Crippen LogP contribution in [0.3, 0.4) is 0 Å². The van der Waals surface area contributed by atoms with Gasteiger partial charge in [0.15, 0.2) is 0 Å². The molecule has 1 aromatic rings. The molecule has 1 aromatic carbocycles. The number of hydrogen-bond donors (Lipinski definition) is 3. The van der Waals surface area contributed by atoms with Crippen LogP contribution in [0.5, 0.6) is 0 Å². The highest BCUT2D eigenvalue weighted by molar-refractivity contribution is 5.97. The van der Waals surface area contributed by atoms with Crippen molar-refractivity contribution in [2.24, 2.45) is 11.8 Å². The van der Waals surface area contributed by atoms with Gasteiger partial charge in [-0.15, -0.1) is 0 Å². The normalized spacial score (nSPS) is 12.1. The Kier molecular flexibility index (Phi) is 4.85. The van der Waals surface area contributed by atoms with E-state index < -0.39 is 11.9 Å². The van der Waals surface area contributed by atoms with Gasteiger partial charge < -0.3 is 5.32 Å². The van der Waals surface area contributed by atoms with Crippen molar-refractivity contribution in [3.05, 3.63) is 35.4 Å². The van der Waals surface area contributed by atoms with Gasteiger partial charge in [0.25, 0.3) is 11.8 Å². The number of nitrogens with two attached hydrogens (primary N) is 1. The minimum absolute atomic E-state index is 0.0389. The molecule has 2 amide bonds. The van der Waals surface area contributed by atoms with Crippen molar-refractivity contribution in [2.45, 2.75) is 26.8 Å². The van der Waals surface area contributed by atoms with E-state index in [1.807, 2.05) is 32.9 Å². The first kappa shape index (κ1) is 14.2. The summed E-state index contributed by atoms with van der Waals surface area (Å²) in [6, 6.07) is 6.51. The molecule has 0 aromatic heterocycles. The summed E-state index contributed by atoms with van der Waals surface area (Å²) in [5.74, 6) is 4.38. The third-order valence-corrected chi connectivity index (χ3v) is 2.69. The maximum Gasteiger partial charge on any atom is 0.256 e. The lowest BCUT2D eigenvalue weighted by atomic mass is 10.0. The molecular formula is C13H19N3O2. The number of nitrogens with one attached hydrogen (secondary N) is 2. The van der Waals surface area contributed by atoms with Crippen LogP contribution in [0.4, 0.5) is 0 Å². The number of hydrazine groups is 1. The molecule has 1 atom stereocenters. The van der Waals surface area contributed by atoms with Gasteiger partial charge in [0.05, 0.1) is 0 Å². The van der Waals surface area contributed by atoms with Crippen molar-refractivity contribution < 1.29 is 9.59 Å². The largest absolute Gasteiger partial charge is 0.340 e. The SMILES string of the molecule is Cc1ccc(C(=O)N[C@H](C(=O)NN)C(C)C)cc1. The second kappa shape index (κ2) is 6.16. The Morgan fingerprint density at radius 1 is 1.17 bits per heavy atom. The molecule has 0 radical (unpaired) electrons. The smallest absolute Gasteiger partial charge is 0.256 e. The number of amides is 2. The number of carbonyl (C=O) groups is 2. The quantitative estimate of drug-likeness (QED) is 0.418. The maximum atomic E-state index is 12.0. The average molecular weight is 249 g/mol. The topological polar surface area (TPSA) is 84.2 Å². The lowest BCUT2D eigenvalue weighted by molar-refractivity contribution is -0.124. The Labute approximate surface area is 107 Å². The summed E-state index contributed by atoms with van der Waals surface area (Å²) in [5, 5.41) is 2.67. The number of benzene rings is 1. The van der Waals surface area contributed by atoms with Crippen molar-refractivity contribution in [1.29, 1.82) is 0 Å². The van der Waals surface area contributed by atoms with Crippen LogP contribution in [-0.4, -0.2) is 17.9 Å². The van der Waals surface area contributed by atoms with E-state index in [9.17, 15) is 9.59 Å². The van der Waals surface area contributed by atoms with E-state index in [1.165, 1.54) is 0 Å². The second-order valence-electron chi connectivity index (χ2n) is 4.57. The standard InChI is InChI=1S/C13H19N3O2/c1-8(2)11(13(18)16-14)15-12(17)10-6-4-9(3)5-7-10/h4-8,11H,14H2,1-3H3,(H,15,17)(H,16,18)/t11-/m0/s1. The van der Waals surface area contributed by atoms with Gasteiger partial charge in [-0.25, -0.2) is 5.84 Å². The first-order valence-electron chi connectivity index (χ1n) is 5.83. The third-order valence-electron chi connectivity index (χ3n) is 2.69. The van der Waals surface area contributed by atoms with Crippen LogP contribution < -0.4 is 16.6 Å². The molecule has 5 heteroatoms. The van der Waals surface area contributed by atoms with E-state index >= 15 is 0 Å². The summed E-state index contributed by atoms with van der Waals surface area (Å²) in [6.45, 7) is 5.63. The molecule has 0 fully saturated rings. The minimum atomic E-state index is -0.635. The van der Waals surface area contributed by atoms with Crippen LogP contribution in [0.1, 0.15) is 29.8 Å². The van der Waals surface area contributed by atoms with Gasteiger partial charge >= 0.3 is 0 Å². The fraction of sp³-hybridized carbons (Fsp3) is 0.385. The fourth-order valence-corrected chi connectivity index (χ4v) is 1.55. The van der Waals surface area contributed by atoms with E-state index in [1.54, 1.807) is 12.1 Å². The summed E-state index contributed by atoms with van der Waals surface area (Å²) >= 11 is 0. The lowest BCUT2D eigenvalue weighted by Gasteiger charge is -2.20. The first-order chi connectivity index (χ1) is 8.45. The van der Waals surface area contributed by atoms with E-state index in [2.05, 4.69) is 10.7 Å². The van der Waals surface area contributed by atoms with Crippen LogP contribution in [0.15, 0.2) is 24.3 Å². The van der Waals surface area contributed by atoms with Crippen molar-refractivity contribution in [1.82, 2.24) is 10.7 Å². The van der Waals surface area contributed by atoms with Crippen LogP contribution in [-0.2, 0) is 4.79 Å². The van der Waals surface area contributed by atoms with Crippen LogP contribution >= 0.6 is 0 Å². The molecule has 0 saturated carbocycles. The van der Waals surface area contributed by atoms with Crippen molar-refractivity contribution in [3.63, 3.8) is 0 Å². The number of rotatable bonds is 4. The summed E-state index contributed by atoms with van der Waals surface area (Å²) in [6.07, 6.45) is 0. The minimum Gasteiger partial charge on any atom is -0.340 e. The predicted octanol–water partition coefficient (Wildman–Crippen LogP) is 0.739. The van der Waals surface area contributed by atoms with Gasteiger partial charge in [0, 0.05) is 5.56 Å². The molecule has 5 nitrogen and oxygen atoms in total. The van der Waals surface area contributed by atoms with E-state index in [0.717, 1.165) is 5.56 Å². The van der Waals surface area contributed by atoms with Gasteiger partial charge in [-0.3, -0.25) is 15.0 Å². The maximum absolute atomic E-state index is 12.0. The average Bonchev–Trinajstić information content (AvgIpc) is 2.35. The fourth-order valence-electron chi connectivity index (χ4n) is 1.55. The van der Waals surface area contributed by atoms with Gasteiger partial charge in [-0.1, -0.05) is 31.5 Å². The van der Waals surface area contributed by atoms with Gasteiger partial charge in [-0.05, 0) is 25.0 Å². The molecular weight excluding hydrogens is 230 g/mol. The summed E-state index contributed by atoms with van der Waals surface area (Å²) < 4.78 is 0. The van der Waals surface area contributed by atoms with Crippen molar-refractivity contribution >= 4 is 11.8 Å². The Balaban J connectivity index is 2.78. The number of carbonyl (C=O) groups excluding carboxylic acids is 2.